The van der Waals surface area contributed by atoms with E-state index in [4.69, 9.17) is 10.7 Å². The van der Waals surface area contributed by atoms with Gasteiger partial charge in [-0.15, -0.1) is 0 Å². The van der Waals surface area contributed by atoms with Crippen LogP contribution < -0.4 is 10.5 Å². The number of aromatic nitrogens is 3. The van der Waals surface area contributed by atoms with E-state index in [1.165, 1.54) is 25.1 Å². The number of nitrogens with two attached hydrogens (primary N) is 1. The second-order valence-electron chi connectivity index (χ2n) is 8.35. The van der Waals surface area contributed by atoms with Crippen molar-refractivity contribution in [2.45, 2.75) is 31.9 Å². The maximum absolute atomic E-state index is 12.6. The molecule has 3 fully saturated rings. The van der Waals surface area contributed by atoms with Crippen molar-refractivity contribution in [2.75, 3.05) is 32.0 Å². The van der Waals surface area contributed by atoms with Crippen molar-refractivity contribution in [1.29, 1.82) is 0 Å². The van der Waals surface area contributed by atoms with Crippen molar-refractivity contribution in [2.24, 2.45) is 17.8 Å². The maximum Gasteiger partial charge on any atom is 0.387 e. The van der Waals surface area contributed by atoms with Gasteiger partial charge in [0.2, 0.25) is 0 Å². The molecule has 0 amide bonds. The molecule has 3 aliphatic rings. The summed E-state index contributed by atoms with van der Waals surface area (Å²) in [5, 5.41) is 0. The molecule has 5 rings (SSSR count). The Kier molecular flexibility index (Phi) is 4.64. The summed E-state index contributed by atoms with van der Waals surface area (Å²) < 4.78 is 44.6. The highest BCUT2D eigenvalue weighted by Crippen LogP contribution is 2.56. The van der Waals surface area contributed by atoms with Crippen LogP contribution in [0.5, 0.6) is 5.75 Å². The number of fused-ring (bicyclic) bond motifs is 1. The molecule has 2 saturated carbocycles. The summed E-state index contributed by atoms with van der Waals surface area (Å²) in [6, 6.07) is 1.86. The standard InChI is InChI=1S/C20H24F3N5O/c21-3-4-27-8-13-14(9-27)18(13)28-10-15(26-17(28)5-11-1-2-11)12-6-16(29-20(22)23)19(24)25-7-12/h6-7,10-11,13-14,18,20H,1-5,8-9H2,(H2,24,25)/t13-,14+,18?. The highest BCUT2D eigenvalue weighted by Gasteiger charge is 2.57. The fourth-order valence-corrected chi connectivity index (χ4v) is 4.64. The number of nitrogens with zero attached hydrogens (tertiary/aromatic N) is 4. The van der Waals surface area contributed by atoms with Gasteiger partial charge >= 0.3 is 6.61 Å². The number of halogens is 3. The summed E-state index contributed by atoms with van der Waals surface area (Å²) in [7, 11) is 0. The van der Waals surface area contributed by atoms with Gasteiger partial charge in [0.05, 0.1) is 5.69 Å². The van der Waals surface area contributed by atoms with Gasteiger partial charge in [-0.3, -0.25) is 0 Å². The summed E-state index contributed by atoms with van der Waals surface area (Å²) in [5.74, 6) is 2.56. The van der Waals surface area contributed by atoms with Crippen LogP contribution in [0.25, 0.3) is 11.3 Å². The van der Waals surface area contributed by atoms with Crippen molar-refractivity contribution in [3.8, 4) is 17.0 Å². The third-order valence-electron chi connectivity index (χ3n) is 6.32. The predicted octanol–water partition coefficient (Wildman–Crippen LogP) is 3.15. The highest BCUT2D eigenvalue weighted by molar-refractivity contribution is 5.63. The van der Waals surface area contributed by atoms with E-state index in [0.717, 1.165) is 25.3 Å². The lowest BCUT2D eigenvalue weighted by atomic mass is 10.2. The van der Waals surface area contributed by atoms with Crippen LogP contribution in [0, 0.1) is 17.8 Å². The Morgan fingerprint density at radius 2 is 2.00 bits per heavy atom. The van der Waals surface area contributed by atoms with Gasteiger partial charge in [0, 0.05) is 50.1 Å². The van der Waals surface area contributed by atoms with E-state index in [1.54, 1.807) is 0 Å². The van der Waals surface area contributed by atoms with Gasteiger partial charge in [-0.05, 0) is 36.7 Å². The zero-order chi connectivity index (χ0) is 20.1. The Bertz CT molecular complexity index is 888. The SMILES string of the molecule is Nc1ncc(-c2cn(C3[C@H]4CN(CCF)C[C@@H]34)c(CC3CC3)n2)cc1OC(F)F. The molecule has 0 aromatic carbocycles. The molecule has 1 aliphatic heterocycles. The van der Waals surface area contributed by atoms with Gasteiger partial charge in [-0.1, -0.05) is 0 Å². The molecule has 3 heterocycles. The summed E-state index contributed by atoms with van der Waals surface area (Å²) in [5.41, 5.74) is 6.96. The van der Waals surface area contributed by atoms with Crippen LogP contribution in [0.3, 0.4) is 0 Å². The van der Waals surface area contributed by atoms with Crippen molar-refractivity contribution in [3.63, 3.8) is 0 Å². The summed E-state index contributed by atoms with van der Waals surface area (Å²) in [4.78, 5) is 11.0. The van der Waals surface area contributed by atoms with E-state index in [2.05, 4.69) is 19.2 Å². The van der Waals surface area contributed by atoms with Gasteiger partial charge in [-0.25, -0.2) is 14.4 Å². The Morgan fingerprint density at radius 1 is 1.24 bits per heavy atom. The van der Waals surface area contributed by atoms with E-state index in [0.29, 0.717) is 41.6 Å². The number of imidazole rings is 1. The minimum Gasteiger partial charge on any atom is -0.431 e. The number of hydrogen-bond acceptors (Lipinski definition) is 5. The molecule has 2 aromatic rings. The quantitative estimate of drug-likeness (QED) is 0.728. The monoisotopic (exact) mass is 407 g/mol. The molecule has 6 nitrogen and oxygen atoms in total. The van der Waals surface area contributed by atoms with Crippen molar-refractivity contribution >= 4 is 5.82 Å². The van der Waals surface area contributed by atoms with Gasteiger partial charge in [0.25, 0.3) is 0 Å². The van der Waals surface area contributed by atoms with Crippen LogP contribution in [-0.2, 0) is 6.42 Å². The molecule has 2 aliphatic carbocycles. The Balaban J connectivity index is 1.41. The lowest BCUT2D eigenvalue weighted by Gasteiger charge is -2.18. The molecule has 0 spiro atoms. The number of rotatable bonds is 8. The topological polar surface area (TPSA) is 69.2 Å². The van der Waals surface area contributed by atoms with E-state index >= 15 is 0 Å². The highest BCUT2D eigenvalue weighted by atomic mass is 19.3. The van der Waals surface area contributed by atoms with Crippen LogP contribution >= 0.6 is 0 Å². The molecule has 29 heavy (non-hydrogen) atoms. The molecular weight excluding hydrogens is 383 g/mol. The van der Waals surface area contributed by atoms with Crippen LogP contribution in [-0.4, -0.2) is 52.4 Å². The lowest BCUT2D eigenvalue weighted by Crippen LogP contribution is -2.27. The largest absolute Gasteiger partial charge is 0.431 e. The molecule has 2 N–H and O–H groups in total. The van der Waals surface area contributed by atoms with E-state index in [-0.39, 0.29) is 18.2 Å². The fraction of sp³-hybridized carbons (Fsp3) is 0.600. The molecule has 0 radical (unpaired) electrons. The number of alkyl halides is 3. The molecule has 156 valence electrons. The van der Waals surface area contributed by atoms with E-state index in [1.807, 2.05) is 6.20 Å². The smallest absolute Gasteiger partial charge is 0.387 e. The van der Waals surface area contributed by atoms with Crippen molar-refractivity contribution < 1.29 is 17.9 Å². The van der Waals surface area contributed by atoms with Crippen LogP contribution in [0.15, 0.2) is 18.5 Å². The van der Waals surface area contributed by atoms with E-state index in [9.17, 15) is 13.2 Å². The first kappa shape index (κ1) is 18.7. The molecule has 3 atom stereocenters. The lowest BCUT2D eigenvalue weighted by molar-refractivity contribution is -0.0494. The molecular formula is C20H24F3N5O. The Labute approximate surface area is 166 Å². The van der Waals surface area contributed by atoms with E-state index < -0.39 is 6.61 Å². The predicted molar refractivity (Wildman–Crippen MR) is 101 cm³/mol. The summed E-state index contributed by atoms with van der Waals surface area (Å²) in [6.45, 7) is -0.917. The summed E-state index contributed by atoms with van der Waals surface area (Å²) >= 11 is 0. The zero-order valence-electron chi connectivity index (χ0n) is 16.0. The van der Waals surface area contributed by atoms with Gasteiger partial charge in [-0.2, -0.15) is 8.78 Å². The number of pyridine rings is 1. The number of anilines is 1. The Morgan fingerprint density at radius 3 is 2.66 bits per heavy atom. The summed E-state index contributed by atoms with van der Waals surface area (Å²) in [6.07, 6.45) is 6.91. The minimum atomic E-state index is -2.96. The third-order valence-corrected chi connectivity index (χ3v) is 6.32. The second-order valence-corrected chi connectivity index (χ2v) is 8.35. The number of piperidine rings is 1. The van der Waals surface area contributed by atoms with Crippen LogP contribution in [0.2, 0.25) is 0 Å². The maximum atomic E-state index is 12.6. The minimum absolute atomic E-state index is 0.0728. The number of ether oxygens (including phenoxy) is 1. The molecule has 2 aromatic heterocycles. The van der Waals surface area contributed by atoms with Crippen molar-refractivity contribution in [3.05, 3.63) is 24.3 Å². The molecule has 1 unspecified atom stereocenters. The van der Waals surface area contributed by atoms with Gasteiger partial charge in [0.1, 0.15) is 12.5 Å². The number of likely N-dealkylation sites (tertiary alicyclic amines) is 1. The molecule has 9 heteroatoms. The Hall–Kier alpha value is -2.29. The first-order valence-corrected chi connectivity index (χ1v) is 10.1. The first-order valence-electron chi connectivity index (χ1n) is 10.1. The van der Waals surface area contributed by atoms with Gasteiger partial charge in [0.15, 0.2) is 11.6 Å². The number of nitrogen functional groups attached to an aromatic ring is 1. The second kappa shape index (κ2) is 7.19. The molecule has 0 bridgehead atoms. The van der Waals surface area contributed by atoms with Crippen LogP contribution in [0.1, 0.15) is 24.7 Å². The molecule has 1 saturated heterocycles. The number of hydrogen-bond donors (Lipinski definition) is 1. The normalized spacial score (nSPS) is 26.1. The van der Waals surface area contributed by atoms with Crippen LogP contribution in [0.4, 0.5) is 19.0 Å². The zero-order valence-corrected chi connectivity index (χ0v) is 16.0. The third kappa shape index (κ3) is 3.68. The first-order chi connectivity index (χ1) is 14.0. The van der Waals surface area contributed by atoms with Gasteiger partial charge < -0.3 is 19.9 Å². The fourth-order valence-electron chi connectivity index (χ4n) is 4.64. The average Bonchev–Trinajstić information content (AvgIpc) is 3.52. The van der Waals surface area contributed by atoms with Crippen molar-refractivity contribution in [1.82, 2.24) is 19.4 Å². The average molecular weight is 407 g/mol.